The fourth-order valence-corrected chi connectivity index (χ4v) is 2.72. The summed E-state index contributed by atoms with van der Waals surface area (Å²) in [6, 6.07) is 8.44. The van der Waals surface area contributed by atoms with Crippen molar-refractivity contribution in [3.8, 4) is 0 Å². The minimum Gasteiger partial charge on any atom is -0.318 e. The molecule has 3 rings (SSSR count). The van der Waals surface area contributed by atoms with Crippen LogP contribution in [0.15, 0.2) is 42.6 Å². The van der Waals surface area contributed by atoms with E-state index in [2.05, 4.69) is 10.3 Å². The predicted molar refractivity (Wildman–Crippen MR) is 82.1 cm³/mol. The molecule has 1 saturated heterocycles. The summed E-state index contributed by atoms with van der Waals surface area (Å²) in [5.74, 6) is -0.907. The first-order valence-corrected chi connectivity index (χ1v) is 7.29. The van der Waals surface area contributed by atoms with Crippen LogP contribution in [-0.4, -0.2) is 21.8 Å². The number of benzene rings is 1. The lowest BCUT2D eigenvalue weighted by Crippen LogP contribution is -2.41. The maximum atomic E-state index is 13.1. The molecule has 23 heavy (non-hydrogen) atoms. The summed E-state index contributed by atoms with van der Waals surface area (Å²) in [7, 11) is 0. The third kappa shape index (κ3) is 2.66. The number of nitrogens with zero attached hydrogens (tertiary/aromatic N) is 2. The zero-order valence-electron chi connectivity index (χ0n) is 12.2. The Balaban J connectivity index is 1.90. The lowest BCUT2D eigenvalue weighted by molar-refractivity contribution is -0.131. The van der Waals surface area contributed by atoms with Crippen molar-refractivity contribution in [1.82, 2.24) is 15.2 Å². The van der Waals surface area contributed by atoms with Gasteiger partial charge >= 0.3 is 6.03 Å². The van der Waals surface area contributed by atoms with Gasteiger partial charge in [0.2, 0.25) is 0 Å². The summed E-state index contributed by atoms with van der Waals surface area (Å²) >= 11 is 5.97. The molecule has 2 heterocycles. The van der Waals surface area contributed by atoms with Crippen LogP contribution < -0.4 is 5.32 Å². The van der Waals surface area contributed by atoms with Gasteiger partial charge in [-0.15, -0.1) is 0 Å². The van der Waals surface area contributed by atoms with Gasteiger partial charge in [-0.1, -0.05) is 23.7 Å². The molecule has 1 aliphatic heterocycles. The van der Waals surface area contributed by atoms with Gasteiger partial charge < -0.3 is 5.32 Å². The van der Waals surface area contributed by atoms with E-state index in [1.54, 1.807) is 31.3 Å². The molecule has 1 aromatic carbocycles. The number of carbonyl (C=O) groups excluding carboxylic acids is 2. The number of nitrogens with one attached hydrogen (secondary N) is 1. The van der Waals surface area contributed by atoms with E-state index in [1.807, 2.05) is 0 Å². The van der Waals surface area contributed by atoms with Crippen LogP contribution in [0.2, 0.25) is 5.02 Å². The smallest absolute Gasteiger partial charge is 0.318 e. The highest BCUT2D eigenvalue weighted by molar-refractivity contribution is 6.31. The zero-order valence-corrected chi connectivity index (χ0v) is 13.0. The Labute approximate surface area is 137 Å². The molecule has 3 amide bonds. The third-order valence-corrected chi connectivity index (χ3v) is 4.15. The van der Waals surface area contributed by atoms with E-state index in [0.717, 1.165) is 11.0 Å². The molecular weight excluding hydrogens is 321 g/mol. The van der Waals surface area contributed by atoms with E-state index >= 15 is 0 Å². The van der Waals surface area contributed by atoms with Crippen molar-refractivity contribution in [2.24, 2.45) is 0 Å². The molecule has 2 aromatic rings. The van der Waals surface area contributed by atoms with E-state index in [0.29, 0.717) is 11.3 Å². The molecule has 1 atom stereocenters. The first kappa shape index (κ1) is 15.4. The molecular formula is C16H13ClFN3O2. The summed E-state index contributed by atoms with van der Waals surface area (Å²) in [5.41, 5.74) is -0.293. The summed E-state index contributed by atoms with van der Waals surface area (Å²) in [4.78, 5) is 30.1. The predicted octanol–water partition coefficient (Wildman–Crippen LogP) is 2.84. The number of carbonyl (C=O) groups is 2. The van der Waals surface area contributed by atoms with Crippen molar-refractivity contribution in [3.05, 3.63) is 64.7 Å². The molecule has 5 nitrogen and oxygen atoms in total. The fourth-order valence-electron chi connectivity index (χ4n) is 2.49. The monoisotopic (exact) mass is 333 g/mol. The molecule has 1 aromatic heterocycles. The summed E-state index contributed by atoms with van der Waals surface area (Å²) in [5, 5.41) is 2.82. The van der Waals surface area contributed by atoms with Crippen molar-refractivity contribution in [2.75, 3.05) is 0 Å². The SMILES string of the molecule is C[C@]1(c2ccccn2)NC(=O)N(Cc2ccc(F)cc2Cl)C1=O. The summed E-state index contributed by atoms with van der Waals surface area (Å²) in [6.45, 7) is 1.56. The van der Waals surface area contributed by atoms with Crippen LogP contribution in [0.25, 0.3) is 0 Å². The van der Waals surface area contributed by atoms with Crippen LogP contribution in [0.4, 0.5) is 9.18 Å². The van der Waals surface area contributed by atoms with Gasteiger partial charge in [0, 0.05) is 11.2 Å². The largest absolute Gasteiger partial charge is 0.325 e. The van der Waals surface area contributed by atoms with Crippen LogP contribution >= 0.6 is 11.6 Å². The molecule has 0 unspecified atom stereocenters. The van der Waals surface area contributed by atoms with Crippen molar-refractivity contribution in [1.29, 1.82) is 0 Å². The van der Waals surface area contributed by atoms with Crippen molar-refractivity contribution >= 4 is 23.5 Å². The maximum absolute atomic E-state index is 13.1. The molecule has 1 aliphatic rings. The quantitative estimate of drug-likeness (QED) is 0.879. The van der Waals surface area contributed by atoms with E-state index in [-0.39, 0.29) is 11.6 Å². The van der Waals surface area contributed by atoms with Crippen molar-refractivity contribution < 1.29 is 14.0 Å². The Morgan fingerprint density at radius 3 is 2.74 bits per heavy atom. The van der Waals surface area contributed by atoms with Gasteiger partial charge in [0.1, 0.15) is 5.82 Å². The number of amides is 3. The average Bonchev–Trinajstić information content (AvgIpc) is 2.75. The first-order chi connectivity index (χ1) is 10.9. The Morgan fingerprint density at radius 2 is 2.09 bits per heavy atom. The van der Waals surface area contributed by atoms with Crippen LogP contribution in [0.5, 0.6) is 0 Å². The lowest BCUT2D eigenvalue weighted by Gasteiger charge is -2.21. The van der Waals surface area contributed by atoms with E-state index in [9.17, 15) is 14.0 Å². The van der Waals surface area contributed by atoms with E-state index in [4.69, 9.17) is 11.6 Å². The number of urea groups is 1. The fraction of sp³-hybridized carbons (Fsp3) is 0.188. The Bertz CT molecular complexity index is 784. The molecule has 0 aliphatic carbocycles. The highest BCUT2D eigenvalue weighted by Gasteiger charge is 2.49. The Morgan fingerprint density at radius 1 is 1.30 bits per heavy atom. The molecule has 118 valence electrons. The normalized spacial score (nSPS) is 20.7. The highest BCUT2D eigenvalue weighted by atomic mass is 35.5. The third-order valence-electron chi connectivity index (χ3n) is 3.80. The minimum atomic E-state index is -1.23. The van der Waals surface area contributed by atoms with Crippen LogP contribution in [0, 0.1) is 5.82 Å². The number of pyridine rings is 1. The van der Waals surface area contributed by atoms with Crippen molar-refractivity contribution in [3.63, 3.8) is 0 Å². The molecule has 1 fully saturated rings. The van der Waals surface area contributed by atoms with Crippen LogP contribution in [0.1, 0.15) is 18.2 Å². The molecule has 0 radical (unpaired) electrons. The summed E-state index contributed by atoms with van der Waals surface area (Å²) in [6.07, 6.45) is 1.56. The van der Waals surface area contributed by atoms with Gasteiger partial charge in [0.05, 0.1) is 12.2 Å². The number of hydrogen-bond acceptors (Lipinski definition) is 3. The lowest BCUT2D eigenvalue weighted by atomic mass is 9.97. The van der Waals surface area contributed by atoms with Gasteiger partial charge in [0.15, 0.2) is 5.54 Å². The van der Waals surface area contributed by atoms with Crippen molar-refractivity contribution in [2.45, 2.75) is 19.0 Å². The molecule has 1 N–H and O–H groups in total. The second-order valence-electron chi connectivity index (χ2n) is 5.40. The van der Waals surface area contributed by atoms with Gasteiger partial charge in [-0.05, 0) is 36.8 Å². The molecule has 7 heteroatoms. The molecule has 0 bridgehead atoms. The Kier molecular flexibility index (Phi) is 3.77. The zero-order chi connectivity index (χ0) is 16.6. The van der Waals surface area contributed by atoms with Gasteiger partial charge in [-0.25, -0.2) is 9.18 Å². The summed E-state index contributed by atoms with van der Waals surface area (Å²) < 4.78 is 13.1. The number of imide groups is 1. The topological polar surface area (TPSA) is 62.3 Å². The van der Waals surface area contributed by atoms with Gasteiger partial charge in [-0.2, -0.15) is 0 Å². The highest BCUT2D eigenvalue weighted by Crippen LogP contribution is 2.29. The first-order valence-electron chi connectivity index (χ1n) is 6.91. The van der Waals surface area contributed by atoms with E-state index in [1.165, 1.54) is 12.1 Å². The molecule has 0 spiro atoms. The van der Waals surface area contributed by atoms with Crippen LogP contribution in [0.3, 0.4) is 0 Å². The number of aromatic nitrogens is 1. The van der Waals surface area contributed by atoms with E-state index < -0.39 is 23.3 Å². The second-order valence-corrected chi connectivity index (χ2v) is 5.80. The van der Waals surface area contributed by atoms with Gasteiger partial charge in [-0.3, -0.25) is 14.7 Å². The van der Waals surface area contributed by atoms with Crippen LogP contribution in [-0.2, 0) is 16.9 Å². The number of rotatable bonds is 3. The second kappa shape index (κ2) is 5.62. The standard InChI is InChI=1S/C16H13ClFN3O2/c1-16(13-4-2-3-7-19-13)14(22)21(15(23)20-16)9-10-5-6-11(18)8-12(10)17/h2-8H,9H2,1H3,(H,20,23)/t16-/m1/s1. The van der Waals surface area contributed by atoms with Gasteiger partial charge in [0.25, 0.3) is 5.91 Å². The average molecular weight is 334 g/mol. The number of halogens is 2. The Hall–Kier alpha value is -2.47. The number of hydrogen-bond donors (Lipinski definition) is 1. The minimum absolute atomic E-state index is 0.0355. The maximum Gasteiger partial charge on any atom is 0.325 e. The molecule has 0 saturated carbocycles.